The predicted molar refractivity (Wildman–Crippen MR) is 117 cm³/mol. The van der Waals surface area contributed by atoms with E-state index < -0.39 is 18.5 Å². The van der Waals surface area contributed by atoms with Crippen molar-refractivity contribution >= 4 is 34.8 Å². The summed E-state index contributed by atoms with van der Waals surface area (Å²) < 4.78 is 11.8. The Morgan fingerprint density at radius 3 is 2.79 bits per heavy atom. The Bertz CT molecular complexity index is 1250. The third-order valence-electron chi connectivity index (χ3n) is 4.64. The largest absolute Gasteiger partial charge is 0.467 e. The fourth-order valence-corrected chi connectivity index (χ4v) is 3.74. The van der Waals surface area contributed by atoms with Crippen LogP contribution in [-0.2, 0) is 16.1 Å². The highest BCUT2D eigenvalue weighted by Gasteiger charge is 2.22. The molecule has 0 atom stereocenters. The minimum atomic E-state index is -0.679. The average molecular weight is 466 g/mol. The number of benzene rings is 1. The summed E-state index contributed by atoms with van der Waals surface area (Å²) in [6.07, 6.45) is 2.87. The van der Waals surface area contributed by atoms with E-state index in [4.69, 9.17) is 9.15 Å². The summed E-state index contributed by atoms with van der Waals surface area (Å²) in [6.45, 7) is -0.301. The highest BCUT2D eigenvalue weighted by atomic mass is 32.1. The second-order valence-electron chi connectivity index (χ2n) is 6.70. The average Bonchev–Trinajstić information content (AvgIpc) is 3.62. The molecule has 4 rings (SSSR count). The quantitative estimate of drug-likeness (QED) is 0.390. The molecule has 0 bridgehead atoms. The van der Waals surface area contributed by atoms with Gasteiger partial charge in [0, 0.05) is 7.05 Å². The van der Waals surface area contributed by atoms with Crippen LogP contribution >= 0.6 is 11.3 Å². The zero-order valence-electron chi connectivity index (χ0n) is 17.4. The van der Waals surface area contributed by atoms with Crippen molar-refractivity contribution in [3.05, 3.63) is 76.6 Å². The number of aromatic nitrogens is 4. The van der Waals surface area contributed by atoms with Gasteiger partial charge in [0.05, 0.1) is 29.7 Å². The first-order valence-electron chi connectivity index (χ1n) is 9.68. The van der Waals surface area contributed by atoms with Gasteiger partial charge in [0.25, 0.3) is 11.8 Å². The number of hydrogen-bond donors (Lipinski definition) is 1. The molecule has 1 N–H and O–H groups in total. The first-order valence-corrected chi connectivity index (χ1v) is 10.6. The lowest BCUT2D eigenvalue weighted by Gasteiger charge is -2.20. The highest BCUT2D eigenvalue weighted by molar-refractivity contribution is 7.12. The van der Waals surface area contributed by atoms with Crippen molar-refractivity contribution in [1.82, 2.24) is 25.5 Å². The number of furan rings is 1. The maximum Gasteiger partial charge on any atom is 0.351 e. The lowest BCUT2D eigenvalue weighted by Crippen LogP contribution is -2.33. The Morgan fingerprint density at radius 1 is 1.18 bits per heavy atom. The Balaban J connectivity index is 1.40. The molecule has 4 aromatic rings. The number of anilines is 1. The van der Waals surface area contributed by atoms with Crippen LogP contribution in [-0.4, -0.2) is 51.6 Å². The van der Waals surface area contributed by atoms with E-state index in [2.05, 4.69) is 20.8 Å². The highest BCUT2D eigenvalue weighted by Crippen LogP contribution is 2.22. The fraction of sp³-hybridized carbons (Fsp3) is 0.143. The number of nitrogens with one attached hydrogen (secondary N) is 1. The normalized spacial score (nSPS) is 10.6. The molecular weight excluding hydrogens is 448 g/mol. The molecule has 0 aliphatic carbocycles. The predicted octanol–water partition coefficient (Wildman–Crippen LogP) is 2.07. The summed E-state index contributed by atoms with van der Waals surface area (Å²) in [5.74, 6) is -0.952. The fourth-order valence-electron chi connectivity index (χ4n) is 2.97. The first kappa shape index (κ1) is 21.9. The van der Waals surface area contributed by atoms with Gasteiger partial charge in [-0.2, -0.15) is 4.68 Å². The molecular formula is C21H18N6O5S. The molecule has 168 valence electrons. The summed E-state index contributed by atoms with van der Waals surface area (Å²) in [6, 6.07) is 11.8. The number of ether oxygens (including phenoxy) is 1. The number of thiophene rings is 1. The standard InChI is InChI=1S/C21H18N6O5S/c1-26(16-7-3-2-6-15(16)20(29)22-11-14-5-4-9-31-14)18(28)12-32-21(30)19-17(8-10-33-19)27-13-23-24-25-27/h2-10,13H,11-12H2,1H3,(H,22,29). The van der Waals surface area contributed by atoms with Crippen LogP contribution in [0, 0.1) is 0 Å². The molecule has 0 fully saturated rings. The SMILES string of the molecule is CN(C(=O)COC(=O)c1sccc1-n1cnnn1)c1ccccc1C(=O)NCc1ccco1. The summed E-state index contributed by atoms with van der Waals surface area (Å²) >= 11 is 1.15. The number of likely N-dealkylation sites (N-methyl/N-ethyl adjacent to an activating group) is 1. The van der Waals surface area contributed by atoms with Crippen molar-refractivity contribution in [2.45, 2.75) is 6.54 Å². The van der Waals surface area contributed by atoms with Crippen molar-refractivity contribution in [1.29, 1.82) is 0 Å². The van der Waals surface area contributed by atoms with Crippen LogP contribution < -0.4 is 10.2 Å². The Morgan fingerprint density at radius 2 is 2.03 bits per heavy atom. The number of amides is 2. The number of carbonyl (C=O) groups excluding carboxylic acids is 3. The third kappa shape index (κ3) is 4.96. The van der Waals surface area contributed by atoms with Crippen LogP contribution in [0.5, 0.6) is 0 Å². The van der Waals surface area contributed by atoms with E-state index in [1.807, 2.05) is 0 Å². The van der Waals surface area contributed by atoms with Gasteiger partial charge in [0.2, 0.25) is 0 Å². The van der Waals surface area contributed by atoms with Crippen LogP contribution in [0.1, 0.15) is 25.8 Å². The molecule has 2 amide bonds. The van der Waals surface area contributed by atoms with Crippen LogP contribution in [0.2, 0.25) is 0 Å². The van der Waals surface area contributed by atoms with Gasteiger partial charge >= 0.3 is 5.97 Å². The van der Waals surface area contributed by atoms with E-state index in [0.717, 1.165) is 11.3 Å². The minimum absolute atomic E-state index is 0.208. The first-order chi connectivity index (χ1) is 16.0. The summed E-state index contributed by atoms with van der Waals surface area (Å²) in [5, 5.41) is 15.3. The van der Waals surface area contributed by atoms with Gasteiger partial charge in [-0.05, 0) is 46.1 Å². The molecule has 0 radical (unpaired) electrons. The van der Waals surface area contributed by atoms with Crippen molar-refractivity contribution < 1.29 is 23.5 Å². The zero-order chi connectivity index (χ0) is 23.2. The molecule has 12 heteroatoms. The second-order valence-corrected chi connectivity index (χ2v) is 7.61. The molecule has 11 nitrogen and oxygen atoms in total. The van der Waals surface area contributed by atoms with Gasteiger partial charge in [-0.3, -0.25) is 9.59 Å². The van der Waals surface area contributed by atoms with Gasteiger partial charge in [0.1, 0.15) is 17.0 Å². The van der Waals surface area contributed by atoms with E-state index in [1.165, 1.54) is 29.2 Å². The topological polar surface area (TPSA) is 132 Å². The third-order valence-corrected chi connectivity index (χ3v) is 5.52. The molecule has 3 heterocycles. The number of carbonyl (C=O) groups is 3. The zero-order valence-corrected chi connectivity index (χ0v) is 18.2. The van der Waals surface area contributed by atoms with E-state index in [9.17, 15) is 14.4 Å². The Labute approximate surface area is 191 Å². The molecule has 0 spiro atoms. The monoisotopic (exact) mass is 466 g/mol. The maximum absolute atomic E-state index is 12.7. The molecule has 1 aromatic carbocycles. The van der Waals surface area contributed by atoms with Crippen molar-refractivity contribution in [3.63, 3.8) is 0 Å². The Kier molecular flexibility index (Phi) is 6.55. The lowest BCUT2D eigenvalue weighted by atomic mass is 10.1. The van der Waals surface area contributed by atoms with Gasteiger partial charge in [-0.1, -0.05) is 12.1 Å². The van der Waals surface area contributed by atoms with Crippen molar-refractivity contribution in [2.24, 2.45) is 0 Å². The minimum Gasteiger partial charge on any atom is -0.467 e. The van der Waals surface area contributed by atoms with E-state index in [0.29, 0.717) is 22.7 Å². The van der Waals surface area contributed by atoms with Gasteiger partial charge in [-0.25, -0.2) is 4.79 Å². The molecule has 33 heavy (non-hydrogen) atoms. The molecule has 0 aliphatic heterocycles. The van der Waals surface area contributed by atoms with Crippen molar-refractivity contribution in [3.8, 4) is 5.69 Å². The van der Waals surface area contributed by atoms with Gasteiger partial charge in [-0.15, -0.1) is 16.4 Å². The van der Waals surface area contributed by atoms with Crippen LogP contribution in [0.3, 0.4) is 0 Å². The number of esters is 1. The lowest BCUT2D eigenvalue weighted by molar-refractivity contribution is -0.121. The number of hydrogen-bond acceptors (Lipinski definition) is 9. The van der Waals surface area contributed by atoms with Gasteiger partial charge in [0.15, 0.2) is 6.61 Å². The molecule has 0 aliphatic rings. The summed E-state index contributed by atoms with van der Waals surface area (Å²) in [5.41, 5.74) is 1.13. The smallest absolute Gasteiger partial charge is 0.351 e. The van der Waals surface area contributed by atoms with Crippen molar-refractivity contribution in [2.75, 3.05) is 18.6 Å². The molecule has 0 unspecified atom stereocenters. The maximum atomic E-state index is 12.7. The van der Waals surface area contributed by atoms with Crippen LogP contribution in [0.15, 0.2) is 64.9 Å². The van der Waals surface area contributed by atoms with E-state index >= 15 is 0 Å². The molecule has 0 saturated carbocycles. The number of nitrogens with zero attached hydrogens (tertiary/aromatic N) is 5. The van der Waals surface area contributed by atoms with E-state index in [1.54, 1.807) is 47.8 Å². The van der Waals surface area contributed by atoms with Crippen LogP contribution in [0.25, 0.3) is 5.69 Å². The second kappa shape index (κ2) is 9.87. The summed E-state index contributed by atoms with van der Waals surface area (Å²) in [4.78, 5) is 39.4. The van der Waals surface area contributed by atoms with E-state index in [-0.39, 0.29) is 17.3 Å². The number of para-hydroxylation sites is 1. The van der Waals surface area contributed by atoms with Crippen LogP contribution in [0.4, 0.5) is 5.69 Å². The number of rotatable bonds is 8. The summed E-state index contributed by atoms with van der Waals surface area (Å²) in [7, 11) is 1.51. The number of tetrazole rings is 1. The molecule has 3 aromatic heterocycles. The van der Waals surface area contributed by atoms with Gasteiger partial charge < -0.3 is 19.4 Å². The Hall–Kier alpha value is -4.32. The molecule has 0 saturated heterocycles.